The number of aryl methyl sites for hydroxylation is 1. The second-order valence-electron chi connectivity index (χ2n) is 7.93. The van der Waals surface area contributed by atoms with Gasteiger partial charge in [0.2, 0.25) is 0 Å². The molecule has 0 amide bonds. The zero-order valence-corrected chi connectivity index (χ0v) is 22.5. The molecule has 0 bridgehead atoms. The fourth-order valence-electron chi connectivity index (χ4n) is 4.04. The molecule has 1 aliphatic rings. The largest absolute Gasteiger partial charge is 0.496 e. The van der Waals surface area contributed by atoms with Gasteiger partial charge in [-0.3, -0.25) is 9.36 Å². The highest BCUT2D eigenvalue weighted by molar-refractivity contribution is 9.10. The quantitative estimate of drug-likeness (QED) is 0.430. The van der Waals surface area contributed by atoms with E-state index in [-0.39, 0.29) is 12.2 Å². The average Bonchev–Trinajstić information content (AvgIpc) is 3.13. The monoisotopic (exact) mass is 556 g/mol. The molecule has 0 N–H and O–H groups in total. The lowest BCUT2D eigenvalue weighted by Crippen LogP contribution is -2.40. The van der Waals surface area contributed by atoms with Crippen molar-refractivity contribution in [2.75, 3.05) is 20.8 Å². The molecule has 35 heavy (non-hydrogen) atoms. The van der Waals surface area contributed by atoms with Gasteiger partial charge in [0.1, 0.15) is 11.5 Å². The van der Waals surface area contributed by atoms with Crippen molar-refractivity contribution in [3.63, 3.8) is 0 Å². The van der Waals surface area contributed by atoms with Crippen LogP contribution in [0.25, 0.3) is 6.08 Å². The summed E-state index contributed by atoms with van der Waals surface area (Å²) < 4.78 is 19.0. The van der Waals surface area contributed by atoms with Gasteiger partial charge in [-0.05, 0) is 77.7 Å². The van der Waals surface area contributed by atoms with Crippen molar-refractivity contribution < 1.29 is 19.0 Å². The SMILES string of the molecule is CCOC(=O)C1=C(C)N=c2s/c(=C/c3ccc(OC)c(Br)c3)c(=O)n2C1c1ccc(C)c(OC)c1. The van der Waals surface area contributed by atoms with Gasteiger partial charge >= 0.3 is 5.97 Å². The first-order valence-electron chi connectivity index (χ1n) is 11.0. The van der Waals surface area contributed by atoms with Gasteiger partial charge in [-0.1, -0.05) is 29.5 Å². The van der Waals surface area contributed by atoms with Crippen LogP contribution in [0.3, 0.4) is 0 Å². The van der Waals surface area contributed by atoms with Crippen molar-refractivity contribution in [2.45, 2.75) is 26.8 Å². The van der Waals surface area contributed by atoms with Gasteiger partial charge in [0.05, 0.1) is 47.1 Å². The number of rotatable bonds is 6. The number of esters is 1. The third-order valence-corrected chi connectivity index (χ3v) is 7.34. The average molecular weight is 557 g/mol. The first-order valence-corrected chi connectivity index (χ1v) is 12.6. The summed E-state index contributed by atoms with van der Waals surface area (Å²) in [7, 11) is 3.19. The smallest absolute Gasteiger partial charge is 0.338 e. The van der Waals surface area contributed by atoms with Crippen LogP contribution in [0.2, 0.25) is 0 Å². The van der Waals surface area contributed by atoms with Crippen molar-refractivity contribution in [3.8, 4) is 11.5 Å². The number of nitrogens with zero attached hydrogens (tertiary/aromatic N) is 2. The van der Waals surface area contributed by atoms with E-state index in [9.17, 15) is 9.59 Å². The van der Waals surface area contributed by atoms with E-state index in [1.807, 2.05) is 49.4 Å². The Labute approximate surface area is 215 Å². The first-order chi connectivity index (χ1) is 16.8. The van der Waals surface area contributed by atoms with Crippen LogP contribution in [0.1, 0.15) is 36.6 Å². The maximum Gasteiger partial charge on any atom is 0.338 e. The van der Waals surface area contributed by atoms with Crippen LogP contribution in [-0.4, -0.2) is 31.4 Å². The summed E-state index contributed by atoms with van der Waals surface area (Å²) in [6.07, 6.45) is 1.81. The van der Waals surface area contributed by atoms with Gasteiger partial charge in [-0.25, -0.2) is 9.79 Å². The van der Waals surface area contributed by atoms with Crippen molar-refractivity contribution in [1.29, 1.82) is 0 Å². The molecule has 0 aliphatic carbocycles. The van der Waals surface area contributed by atoms with E-state index < -0.39 is 12.0 Å². The van der Waals surface area contributed by atoms with Crippen molar-refractivity contribution in [2.24, 2.45) is 4.99 Å². The number of thiazole rings is 1. The molecule has 1 unspecified atom stereocenters. The third-order valence-electron chi connectivity index (χ3n) is 5.74. The lowest BCUT2D eigenvalue weighted by molar-refractivity contribution is -0.139. The zero-order valence-electron chi connectivity index (χ0n) is 20.0. The van der Waals surface area contributed by atoms with E-state index in [0.717, 1.165) is 21.2 Å². The van der Waals surface area contributed by atoms with Gasteiger partial charge in [0, 0.05) is 0 Å². The lowest BCUT2D eigenvalue weighted by Gasteiger charge is -2.25. The fraction of sp³-hybridized carbons (Fsp3) is 0.269. The Balaban J connectivity index is 1.95. The van der Waals surface area contributed by atoms with Crippen LogP contribution < -0.4 is 24.4 Å². The number of hydrogen-bond donors (Lipinski definition) is 0. The highest BCUT2D eigenvalue weighted by atomic mass is 79.9. The topological polar surface area (TPSA) is 79.1 Å². The standard InChI is InChI=1S/C26H25BrN2O5S/c1-6-34-25(31)22-15(3)28-26-29(23(22)17-9-7-14(2)20(13-17)33-5)24(30)21(35-26)12-16-8-10-19(32-4)18(27)11-16/h7-13,23H,6H2,1-5H3/b21-12+. The molecule has 4 rings (SSSR count). The molecule has 0 saturated heterocycles. The Kier molecular flexibility index (Phi) is 7.28. The van der Waals surface area contributed by atoms with Crippen molar-refractivity contribution >= 4 is 39.3 Å². The minimum Gasteiger partial charge on any atom is -0.496 e. The van der Waals surface area contributed by atoms with Crippen LogP contribution in [0, 0.1) is 6.92 Å². The molecule has 1 aliphatic heterocycles. The molecule has 2 heterocycles. The van der Waals surface area contributed by atoms with Gasteiger partial charge in [0.25, 0.3) is 5.56 Å². The number of aromatic nitrogens is 1. The normalized spacial score (nSPS) is 15.5. The number of carbonyl (C=O) groups excluding carboxylic acids is 1. The molecule has 9 heteroatoms. The molecule has 0 fully saturated rings. The number of benzene rings is 2. The second kappa shape index (κ2) is 10.2. The Morgan fingerprint density at radius 2 is 1.89 bits per heavy atom. The summed E-state index contributed by atoms with van der Waals surface area (Å²) >= 11 is 4.77. The lowest BCUT2D eigenvalue weighted by atomic mass is 9.95. The second-order valence-corrected chi connectivity index (χ2v) is 9.79. The summed E-state index contributed by atoms with van der Waals surface area (Å²) in [6, 6.07) is 10.6. The molecular formula is C26H25BrN2O5S. The molecule has 0 spiro atoms. The van der Waals surface area contributed by atoms with Gasteiger partial charge < -0.3 is 14.2 Å². The predicted molar refractivity (Wildman–Crippen MR) is 139 cm³/mol. The summed E-state index contributed by atoms with van der Waals surface area (Å²) in [5.74, 6) is 0.879. The molecule has 1 atom stereocenters. The minimum atomic E-state index is -0.690. The molecular weight excluding hydrogens is 532 g/mol. The van der Waals surface area contributed by atoms with Crippen molar-refractivity contribution in [1.82, 2.24) is 4.57 Å². The Hall–Kier alpha value is -3.17. The fourth-order valence-corrected chi connectivity index (χ4v) is 5.64. The Bertz CT molecular complexity index is 1520. The number of carbonyl (C=O) groups is 1. The van der Waals surface area contributed by atoms with Crippen molar-refractivity contribution in [3.05, 3.63) is 88.5 Å². The third kappa shape index (κ3) is 4.70. The minimum absolute atomic E-state index is 0.219. The van der Waals surface area contributed by atoms with E-state index >= 15 is 0 Å². The summed E-state index contributed by atoms with van der Waals surface area (Å²) in [6.45, 7) is 5.67. The number of methoxy groups -OCH3 is 2. The van der Waals surface area contributed by atoms with Crippen LogP contribution in [0.15, 0.2) is 61.9 Å². The predicted octanol–water partition coefficient (Wildman–Crippen LogP) is 3.89. The van der Waals surface area contributed by atoms with Crippen LogP contribution in [-0.2, 0) is 9.53 Å². The zero-order chi connectivity index (χ0) is 25.3. The molecule has 7 nitrogen and oxygen atoms in total. The van der Waals surface area contributed by atoms with Crippen LogP contribution >= 0.6 is 27.3 Å². The number of ether oxygens (including phenoxy) is 3. The van der Waals surface area contributed by atoms with E-state index in [1.165, 1.54) is 11.3 Å². The summed E-state index contributed by atoms with van der Waals surface area (Å²) in [4.78, 5) is 31.9. The first kappa shape index (κ1) is 24.9. The number of hydrogen-bond acceptors (Lipinski definition) is 7. The number of fused-ring (bicyclic) bond motifs is 1. The van der Waals surface area contributed by atoms with E-state index in [4.69, 9.17) is 14.2 Å². The van der Waals surface area contributed by atoms with Gasteiger partial charge in [-0.15, -0.1) is 0 Å². The van der Waals surface area contributed by atoms with Gasteiger partial charge in [0.15, 0.2) is 4.80 Å². The Morgan fingerprint density at radius 1 is 1.14 bits per heavy atom. The maximum atomic E-state index is 13.7. The maximum absolute atomic E-state index is 13.7. The Morgan fingerprint density at radius 3 is 2.54 bits per heavy atom. The highest BCUT2D eigenvalue weighted by Crippen LogP contribution is 2.33. The number of halogens is 1. The van der Waals surface area contributed by atoms with E-state index in [1.54, 1.807) is 32.6 Å². The van der Waals surface area contributed by atoms with Crippen LogP contribution in [0.4, 0.5) is 0 Å². The highest BCUT2D eigenvalue weighted by Gasteiger charge is 2.33. The molecule has 182 valence electrons. The van der Waals surface area contributed by atoms with E-state index in [2.05, 4.69) is 20.9 Å². The molecule has 0 radical (unpaired) electrons. The summed E-state index contributed by atoms with van der Waals surface area (Å²) in [5, 5.41) is 0. The van der Waals surface area contributed by atoms with Crippen LogP contribution in [0.5, 0.6) is 11.5 Å². The summed E-state index contributed by atoms with van der Waals surface area (Å²) in [5.41, 5.74) is 3.14. The molecule has 1 aromatic heterocycles. The van der Waals surface area contributed by atoms with Gasteiger partial charge in [-0.2, -0.15) is 0 Å². The number of allylic oxidation sites excluding steroid dienone is 1. The van der Waals surface area contributed by atoms with E-state index in [0.29, 0.717) is 32.1 Å². The molecule has 0 saturated carbocycles. The molecule has 3 aromatic rings. The molecule has 2 aromatic carbocycles.